The molecule has 74 valence electrons. The van der Waals surface area contributed by atoms with Gasteiger partial charge in [-0.3, -0.25) is 4.84 Å². The number of aliphatic hydroxyl groups excluding tert-OH is 2. The average molecular weight is 179 g/mol. The lowest BCUT2D eigenvalue weighted by molar-refractivity contribution is -0.236. The first-order chi connectivity index (χ1) is 5.72. The highest BCUT2D eigenvalue weighted by molar-refractivity contribution is 4.40. The molecule has 2 N–H and O–H groups in total. The summed E-state index contributed by atoms with van der Waals surface area (Å²) in [5, 5.41) is 18.4. The maximum absolute atomic E-state index is 8.45. The van der Waals surface area contributed by atoms with Crippen molar-refractivity contribution in [3.8, 4) is 0 Å². The molecule has 0 aromatic heterocycles. The number of hydroxylamine groups is 2. The van der Waals surface area contributed by atoms with E-state index in [2.05, 4.69) is 0 Å². The largest absolute Gasteiger partial charge is 0.394 e. The predicted octanol–water partition coefficient (Wildman–Crippen LogP) is -0.803. The van der Waals surface area contributed by atoms with Crippen molar-refractivity contribution >= 4 is 0 Å². The molecule has 1 atom stereocenters. The number of rotatable bonds is 7. The summed E-state index contributed by atoms with van der Waals surface area (Å²) < 4.78 is 5.12. The minimum absolute atomic E-state index is 0.00181. The van der Waals surface area contributed by atoms with Crippen LogP contribution in [-0.2, 0) is 9.57 Å². The Morgan fingerprint density at radius 2 is 1.83 bits per heavy atom. The Balaban J connectivity index is 3.39. The van der Waals surface area contributed by atoms with E-state index in [0.717, 1.165) is 0 Å². The Hall–Kier alpha value is -0.200. The van der Waals surface area contributed by atoms with E-state index in [9.17, 15) is 0 Å². The van der Waals surface area contributed by atoms with Gasteiger partial charge in [0.05, 0.1) is 26.4 Å². The molecule has 5 heteroatoms. The van der Waals surface area contributed by atoms with Crippen molar-refractivity contribution in [1.29, 1.82) is 0 Å². The van der Waals surface area contributed by atoms with Gasteiger partial charge in [-0.05, 0) is 6.92 Å². The lowest BCUT2D eigenvalue weighted by atomic mass is 10.6. The number of nitrogens with zero attached hydrogens (tertiary/aromatic N) is 1. The van der Waals surface area contributed by atoms with E-state index in [1.807, 2.05) is 0 Å². The maximum Gasteiger partial charge on any atom is 0.130 e. The Bertz CT molecular complexity index is 89.4. The molecule has 0 aliphatic rings. The van der Waals surface area contributed by atoms with Gasteiger partial charge in [0.15, 0.2) is 0 Å². The third kappa shape index (κ3) is 5.45. The van der Waals surface area contributed by atoms with Crippen molar-refractivity contribution in [2.75, 3.05) is 33.5 Å². The highest BCUT2D eigenvalue weighted by Crippen LogP contribution is 1.97. The summed E-state index contributed by atoms with van der Waals surface area (Å²) in [4.78, 5) is 5.03. The van der Waals surface area contributed by atoms with Crippen LogP contribution in [0.15, 0.2) is 0 Å². The van der Waals surface area contributed by atoms with Crippen LogP contribution in [0.25, 0.3) is 0 Å². The van der Waals surface area contributed by atoms with Crippen molar-refractivity contribution in [3.63, 3.8) is 0 Å². The zero-order chi connectivity index (χ0) is 9.40. The van der Waals surface area contributed by atoms with Crippen LogP contribution in [0.4, 0.5) is 0 Å². The third-order valence-electron chi connectivity index (χ3n) is 1.35. The first kappa shape index (κ1) is 11.8. The first-order valence-corrected chi connectivity index (χ1v) is 3.91. The molecule has 0 saturated carbocycles. The van der Waals surface area contributed by atoms with Crippen LogP contribution in [0, 0.1) is 0 Å². The number of aliphatic hydroxyl groups is 2. The quantitative estimate of drug-likeness (QED) is 0.395. The second-order valence-corrected chi connectivity index (χ2v) is 2.30. The molecule has 0 saturated heterocycles. The normalized spacial score (nSPS) is 13.8. The highest BCUT2D eigenvalue weighted by atomic mass is 16.7. The molecule has 0 spiro atoms. The van der Waals surface area contributed by atoms with E-state index in [1.54, 1.807) is 14.0 Å². The molecule has 0 aromatic carbocycles. The third-order valence-corrected chi connectivity index (χ3v) is 1.35. The van der Waals surface area contributed by atoms with Gasteiger partial charge >= 0.3 is 0 Å². The molecule has 12 heavy (non-hydrogen) atoms. The zero-order valence-corrected chi connectivity index (χ0v) is 7.56. The monoisotopic (exact) mass is 179 g/mol. The molecular weight excluding hydrogens is 162 g/mol. The van der Waals surface area contributed by atoms with Gasteiger partial charge in [0.1, 0.15) is 6.23 Å². The molecule has 0 heterocycles. The second kappa shape index (κ2) is 7.45. The van der Waals surface area contributed by atoms with Gasteiger partial charge in [-0.1, -0.05) is 0 Å². The Kier molecular flexibility index (Phi) is 7.33. The van der Waals surface area contributed by atoms with E-state index < -0.39 is 0 Å². The van der Waals surface area contributed by atoms with Crippen LogP contribution in [0.2, 0.25) is 0 Å². The molecule has 1 unspecified atom stereocenters. The SMILES string of the molecule is CC(OCCO)N(C)OCCO. The van der Waals surface area contributed by atoms with Gasteiger partial charge < -0.3 is 14.9 Å². The van der Waals surface area contributed by atoms with Crippen LogP contribution in [0.5, 0.6) is 0 Å². The molecule has 0 aliphatic heterocycles. The standard InChI is InChI=1S/C7H17NO4/c1-7(11-5-3-9)8(2)12-6-4-10/h7,9-10H,3-6H2,1-2H3. The van der Waals surface area contributed by atoms with Gasteiger partial charge in [-0.2, -0.15) is 5.06 Å². The van der Waals surface area contributed by atoms with Crippen molar-refractivity contribution < 1.29 is 19.8 Å². The number of hydrogen-bond acceptors (Lipinski definition) is 5. The van der Waals surface area contributed by atoms with E-state index in [1.165, 1.54) is 5.06 Å². The molecule has 0 aromatic rings. The first-order valence-electron chi connectivity index (χ1n) is 3.91. The van der Waals surface area contributed by atoms with Crippen LogP contribution in [0.1, 0.15) is 6.92 Å². The zero-order valence-electron chi connectivity index (χ0n) is 7.56. The van der Waals surface area contributed by atoms with Gasteiger partial charge in [0.2, 0.25) is 0 Å². The highest BCUT2D eigenvalue weighted by Gasteiger charge is 2.08. The summed E-state index contributed by atoms with van der Waals surface area (Å²) in [7, 11) is 1.71. The maximum atomic E-state index is 8.45. The molecular formula is C7H17NO4. The molecule has 0 fully saturated rings. The fourth-order valence-corrected chi connectivity index (χ4v) is 0.618. The fraction of sp³-hybridized carbons (Fsp3) is 1.00. The summed E-state index contributed by atoms with van der Waals surface area (Å²) in [5.41, 5.74) is 0. The van der Waals surface area contributed by atoms with Crippen molar-refractivity contribution in [2.45, 2.75) is 13.2 Å². The summed E-state index contributed by atoms with van der Waals surface area (Å²) in [5.74, 6) is 0. The van der Waals surface area contributed by atoms with Crippen LogP contribution >= 0.6 is 0 Å². The Morgan fingerprint density at radius 3 is 2.33 bits per heavy atom. The summed E-state index contributed by atoms with van der Waals surface area (Å²) in [6.07, 6.45) is -0.219. The fourth-order valence-electron chi connectivity index (χ4n) is 0.618. The average Bonchev–Trinajstić information content (AvgIpc) is 2.10. The van der Waals surface area contributed by atoms with Crippen LogP contribution in [-0.4, -0.2) is 55.0 Å². The van der Waals surface area contributed by atoms with E-state index in [-0.39, 0.29) is 32.7 Å². The lowest BCUT2D eigenvalue weighted by Crippen LogP contribution is -2.33. The van der Waals surface area contributed by atoms with Crippen molar-refractivity contribution in [3.05, 3.63) is 0 Å². The Morgan fingerprint density at radius 1 is 1.25 bits per heavy atom. The molecule has 0 radical (unpaired) electrons. The van der Waals surface area contributed by atoms with Crippen molar-refractivity contribution in [1.82, 2.24) is 5.06 Å². The van der Waals surface area contributed by atoms with Gasteiger partial charge in [0, 0.05) is 7.05 Å². The van der Waals surface area contributed by atoms with Crippen LogP contribution in [0.3, 0.4) is 0 Å². The van der Waals surface area contributed by atoms with Gasteiger partial charge in [-0.15, -0.1) is 0 Å². The Labute approximate surface area is 72.5 Å². The van der Waals surface area contributed by atoms with E-state index in [0.29, 0.717) is 0 Å². The minimum Gasteiger partial charge on any atom is -0.394 e. The molecule has 0 rings (SSSR count). The smallest absolute Gasteiger partial charge is 0.130 e. The number of ether oxygens (including phenoxy) is 1. The summed E-state index contributed by atoms with van der Waals surface area (Å²) in [6, 6.07) is 0. The number of hydrogen-bond donors (Lipinski definition) is 2. The second-order valence-electron chi connectivity index (χ2n) is 2.30. The summed E-state index contributed by atoms with van der Waals surface area (Å²) >= 11 is 0. The topological polar surface area (TPSA) is 62.2 Å². The van der Waals surface area contributed by atoms with Crippen molar-refractivity contribution in [2.24, 2.45) is 0 Å². The molecule has 0 bridgehead atoms. The van der Waals surface area contributed by atoms with Crippen LogP contribution < -0.4 is 0 Å². The predicted molar refractivity (Wildman–Crippen MR) is 43.3 cm³/mol. The molecule has 0 aliphatic carbocycles. The van der Waals surface area contributed by atoms with E-state index in [4.69, 9.17) is 19.8 Å². The van der Waals surface area contributed by atoms with Gasteiger partial charge in [0.25, 0.3) is 0 Å². The molecule has 5 nitrogen and oxygen atoms in total. The summed E-state index contributed by atoms with van der Waals surface area (Å²) in [6.45, 7) is 2.32. The lowest BCUT2D eigenvalue weighted by Gasteiger charge is -2.23. The van der Waals surface area contributed by atoms with Gasteiger partial charge in [-0.25, -0.2) is 0 Å². The molecule has 0 amide bonds. The minimum atomic E-state index is -0.219. The van der Waals surface area contributed by atoms with E-state index >= 15 is 0 Å².